The molecular weight excluding hydrogens is 304 g/mol. The maximum absolute atomic E-state index is 11.6. The van der Waals surface area contributed by atoms with Crippen molar-refractivity contribution in [2.45, 2.75) is 46.5 Å². The van der Waals surface area contributed by atoms with E-state index >= 15 is 0 Å². The number of benzene rings is 1. The summed E-state index contributed by atoms with van der Waals surface area (Å²) in [5.74, 6) is 1.64. The van der Waals surface area contributed by atoms with Gasteiger partial charge in [-0.2, -0.15) is 0 Å². The molecule has 0 N–H and O–H groups in total. The molecule has 1 rings (SSSR count). The minimum atomic E-state index is 0.375. The number of ether oxygens (including phenoxy) is 1. The lowest BCUT2D eigenvalue weighted by molar-refractivity contribution is -0.119. The Morgan fingerprint density at radius 1 is 1.37 bits per heavy atom. The van der Waals surface area contributed by atoms with E-state index in [1.54, 1.807) is 0 Å². The lowest BCUT2D eigenvalue weighted by atomic mass is 9.95. The van der Waals surface area contributed by atoms with Crippen molar-refractivity contribution >= 4 is 21.7 Å². The Morgan fingerprint density at radius 3 is 2.68 bits per heavy atom. The summed E-state index contributed by atoms with van der Waals surface area (Å²) in [6, 6.07) is 6.16. The van der Waals surface area contributed by atoms with Crippen LogP contribution in [0.1, 0.15) is 45.6 Å². The predicted octanol–water partition coefficient (Wildman–Crippen LogP) is 4.79. The molecule has 0 bridgehead atoms. The number of rotatable bonds is 8. The van der Waals surface area contributed by atoms with E-state index in [1.165, 1.54) is 5.56 Å². The molecule has 0 aromatic heterocycles. The fraction of sp³-hybridized carbons (Fsp3) is 0.562. The molecule has 1 aromatic rings. The van der Waals surface area contributed by atoms with E-state index in [2.05, 4.69) is 35.0 Å². The van der Waals surface area contributed by atoms with Gasteiger partial charge in [-0.25, -0.2) is 0 Å². The molecule has 0 amide bonds. The Labute approximate surface area is 124 Å². The van der Waals surface area contributed by atoms with Crippen molar-refractivity contribution in [3.05, 3.63) is 28.2 Å². The lowest BCUT2D eigenvalue weighted by Crippen LogP contribution is -2.08. The van der Waals surface area contributed by atoms with Gasteiger partial charge < -0.3 is 4.74 Å². The Hall–Kier alpha value is -0.830. The Morgan fingerprint density at radius 2 is 2.11 bits per heavy atom. The van der Waals surface area contributed by atoms with Crippen LogP contribution in [0.5, 0.6) is 5.75 Å². The molecule has 0 aliphatic heterocycles. The molecule has 0 saturated carbocycles. The lowest BCUT2D eigenvalue weighted by Gasteiger charge is -2.12. The summed E-state index contributed by atoms with van der Waals surface area (Å²) in [5, 5.41) is 0. The van der Waals surface area contributed by atoms with Gasteiger partial charge in [0.2, 0.25) is 0 Å². The highest BCUT2D eigenvalue weighted by Gasteiger charge is 2.10. The average Bonchev–Trinajstić information content (AvgIpc) is 2.32. The third kappa shape index (κ3) is 5.77. The molecule has 3 heteroatoms. The van der Waals surface area contributed by atoms with Gasteiger partial charge >= 0.3 is 0 Å². The van der Waals surface area contributed by atoms with Gasteiger partial charge in [-0.3, -0.25) is 4.79 Å². The van der Waals surface area contributed by atoms with Crippen LogP contribution in [0.25, 0.3) is 0 Å². The van der Waals surface area contributed by atoms with Gasteiger partial charge in [-0.1, -0.05) is 19.9 Å². The molecule has 1 aromatic carbocycles. The molecule has 1 unspecified atom stereocenters. The van der Waals surface area contributed by atoms with Gasteiger partial charge in [0.15, 0.2) is 0 Å². The van der Waals surface area contributed by atoms with Crippen LogP contribution in [0, 0.1) is 5.92 Å². The second kappa shape index (κ2) is 8.36. The fourth-order valence-electron chi connectivity index (χ4n) is 2.19. The number of hydrogen-bond acceptors (Lipinski definition) is 2. The summed E-state index contributed by atoms with van der Waals surface area (Å²) in [4.78, 5) is 11.6. The Balaban J connectivity index is 2.57. The van der Waals surface area contributed by atoms with Gasteiger partial charge in [0.25, 0.3) is 0 Å². The van der Waals surface area contributed by atoms with E-state index in [0.717, 1.165) is 23.1 Å². The molecule has 106 valence electrons. The van der Waals surface area contributed by atoms with E-state index in [4.69, 9.17) is 4.74 Å². The van der Waals surface area contributed by atoms with Crippen molar-refractivity contribution in [3.63, 3.8) is 0 Å². The van der Waals surface area contributed by atoms with Crippen molar-refractivity contribution in [1.82, 2.24) is 0 Å². The summed E-state index contributed by atoms with van der Waals surface area (Å²) >= 11 is 3.52. The summed E-state index contributed by atoms with van der Waals surface area (Å²) in [7, 11) is 0. The fourth-order valence-corrected chi connectivity index (χ4v) is 2.73. The zero-order valence-electron chi connectivity index (χ0n) is 12.0. The number of ketones is 1. The largest absolute Gasteiger partial charge is 0.493 e. The summed E-state index contributed by atoms with van der Waals surface area (Å²) in [5.41, 5.74) is 1.24. The first kappa shape index (κ1) is 16.2. The topological polar surface area (TPSA) is 26.3 Å². The Bertz CT molecular complexity index is 415. The SMILES string of the molecule is CCCC(=O)CC(C)Cc1ccc(OCC)c(Br)c1. The molecule has 0 saturated heterocycles. The third-order valence-electron chi connectivity index (χ3n) is 2.99. The molecule has 0 spiro atoms. The van der Waals surface area contributed by atoms with Gasteiger partial charge in [0.05, 0.1) is 11.1 Å². The van der Waals surface area contributed by atoms with E-state index in [9.17, 15) is 4.79 Å². The van der Waals surface area contributed by atoms with Crippen molar-refractivity contribution in [2.75, 3.05) is 6.61 Å². The summed E-state index contributed by atoms with van der Waals surface area (Å²) in [6.07, 6.45) is 3.26. The molecule has 0 aliphatic rings. The first-order valence-electron chi connectivity index (χ1n) is 6.99. The Kier molecular flexibility index (Phi) is 7.14. The van der Waals surface area contributed by atoms with Crippen LogP contribution >= 0.6 is 15.9 Å². The van der Waals surface area contributed by atoms with Crippen LogP contribution in [-0.2, 0) is 11.2 Å². The molecule has 0 heterocycles. The first-order valence-corrected chi connectivity index (χ1v) is 7.79. The van der Waals surface area contributed by atoms with Crippen molar-refractivity contribution in [1.29, 1.82) is 0 Å². The monoisotopic (exact) mass is 326 g/mol. The number of hydrogen-bond donors (Lipinski definition) is 0. The van der Waals surface area contributed by atoms with E-state index in [0.29, 0.717) is 31.1 Å². The maximum atomic E-state index is 11.6. The standard InChI is InChI=1S/C16H23BrO2/c1-4-6-14(18)10-12(3)9-13-7-8-16(19-5-2)15(17)11-13/h7-8,11-12H,4-6,9-10H2,1-3H3. The molecule has 0 radical (unpaired) electrons. The number of Topliss-reactive ketones (excluding diaryl/α,β-unsaturated/α-hetero) is 1. The summed E-state index contributed by atoms with van der Waals surface area (Å²) < 4.78 is 6.48. The first-order chi connectivity index (χ1) is 9.06. The van der Waals surface area contributed by atoms with Crippen molar-refractivity contribution in [3.8, 4) is 5.75 Å². The predicted molar refractivity (Wildman–Crippen MR) is 82.7 cm³/mol. The normalized spacial score (nSPS) is 12.2. The number of carbonyl (C=O) groups excluding carboxylic acids is 1. The number of carbonyl (C=O) groups is 1. The second-order valence-corrected chi connectivity index (χ2v) is 5.85. The number of halogens is 1. The molecule has 1 atom stereocenters. The third-order valence-corrected chi connectivity index (χ3v) is 3.60. The van der Waals surface area contributed by atoms with E-state index in [1.807, 2.05) is 19.9 Å². The average molecular weight is 327 g/mol. The minimum Gasteiger partial charge on any atom is -0.493 e. The quantitative estimate of drug-likeness (QED) is 0.686. The van der Waals surface area contributed by atoms with E-state index < -0.39 is 0 Å². The molecular formula is C16H23BrO2. The van der Waals surface area contributed by atoms with Crippen LogP contribution in [0.15, 0.2) is 22.7 Å². The molecule has 19 heavy (non-hydrogen) atoms. The molecule has 2 nitrogen and oxygen atoms in total. The van der Waals surface area contributed by atoms with E-state index in [-0.39, 0.29) is 0 Å². The van der Waals surface area contributed by atoms with Gasteiger partial charge in [-0.15, -0.1) is 0 Å². The van der Waals surface area contributed by atoms with Crippen molar-refractivity contribution in [2.24, 2.45) is 5.92 Å². The molecule has 0 aliphatic carbocycles. The second-order valence-electron chi connectivity index (χ2n) is 5.00. The summed E-state index contributed by atoms with van der Waals surface area (Å²) in [6.45, 7) is 6.83. The van der Waals surface area contributed by atoms with Crippen LogP contribution in [0.2, 0.25) is 0 Å². The zero-order valence-corrected chi connectivity index (χ0v) is 13.6. The highest BCUT2D eigenvalue weighted by Crippen LogP contribution is 2.27. The van der Waals surface area contributed by atoms with Gasteiger partial charge in [0, 0.05) is 12.8 Å². The van der Waals surface area contributed by atoms with Crippen molar-refractivity contribution < 1.29 is 9.53 Å². The molecule has 0 fully saturated rings. The van der Waals surface area contributed by atoms with Crippen LogP contribution in [0.4, 0.5) is 0 Å². The highest BCUT2D eigenvalue weighted by molar-refractivity contribution is 9.10. The van der Waals surface area contributed by atoms with Crippen LogP contribution in [-0.4, -0.2) is 12.4 Å². The highest BCUT2D eigenvalue weighted by atomic mass is 79.9. The minimum absolute atomic E-state index is 0.375. The van der Waals surface area contributed by atoms with Crippen LogP contribution < -0.4 is 4.74 Å². The zero-order chi connectivity index (χ0) is 14.3. The van der Waals surface area contributed by atoms with Gasteiger partial charge in [0.1, 0.15) is 11.5 Å². The maximum Gasteiger partial charge on any atom is 0.133 e. The smallest absolute Gasteiger partial charge is 0.133 e. The van der Waals surface area contributed by atoms with Gasteiger partial charge in [-0.05, 0) is 59.3 Å². The van der Waals surface area contributed by atoms with Crippen LogP contribution in [0.3, 0.4) is 0 Å².